The molecule has 4 heteroatoms. The zero-order chi connectivity index (χ0) is 15.3. The van der Waals surface area contributed by atoms with Crippen molar-refractivity contribution in [1.82, 2.24) is 5.32 Å². The van der Waals surface area contributed by atoms with Crippen LogP contribution in [0.3, 0.4) is 0 Å². The van der Waals surface area contributed by atoms with Crippen molar-refractivity contribution in [2.24, 2.45) is 5.92 Å². The van der Waals surface area contributed by atoms with Gasteiger partial charge in [-0.2, -0.15) is 0 Å². The predicted octanol–water partition coefficient (Wildman–Crippen LogP) is 2.38. The Morgan fingerprint density at radius 2 is 1.75 bits per heavy atom. The molecule has 0 fully saturated rings. The van der Waals surface area contributed by atoms with Gasteiger partial charge in [0.1, 0.15) is 0 Å². The monoisotopic (exact) mass is 277 g/mol. The van der Waals surface area contributed by atoms with Gasteiger partial charge >= 0.3 is 5.97 Å². The molecule has 0 bridgehead atoms. The van der Waals surface area contributed by atoms with Crippen LogP contribution in [-0.4, -0.2) is 23.5 Å². The lowest BCUT2D eigenvalue weighted by Crippen LogP contribution is -2.30. The fourth-order valence-electron chi connectivity index (χ4n) is 2.37. The molecule has 1 aromatic rings. The molecule has 1 aromatic carbocycles. The van der Waals surface area contributed by atoms with Crippen LogP contribution in [0.25, 0.3) is 0 Å². The molecule has 0 spiro atoms. The summed E-state index contributed by atoms with van der Waals surface area (Å²) in [6.45, 7) is 8.27. The van der Waals surface area contributed by atoms with E-state index in [2.05, 4.69) is 17.4 Å². The number of benzene rings is 1. The van der Waals surface area contributed by atoms with Crippen LogP contribution < -0.4 is 5.32 Å². The molecule has 0 saturated heterocycles. The van der Waals surface area contributed by atoms with E-state index in [1.165, 1.54) is 5.56 Å². The van der Waals surface area contributed by atoms with E-state index < -0.39 is 5.97 Å². The topological polar surface area (TPSA) is 66.4 Å². The lowest BCUT2D eigenvalue weighted by atomic mass is 9.97. The highest BCUT2D eigenvalue weighted by Crippen LogP contribution is 2.16. The van der Waals surface area contributed by atoms with Crippen LogP contribution in [0, 0.1) is 26.7 Å². The third-order valence-corrected chi connectivity index (χ3v) is 3.35. The van der Waals surface area contributed by atoms with Crippen molar-refractivity contribution in [2.45, 2.75) is 40.5 Å². The highest BCUT2D eigenvalue weighted by Gasteiger charge is 2.12. The molecule has 4 nitrogen and oxygen atoms in total. The minimum absolute atomic E-state index is 0.0581. The number of nitrogens with one attached hydrogen (secondary N) is 1. The molecule has 0 aliphatic rings. The number of carbonyl (C=O) groups excluding carboxylic acids is 1. The lowest BCUT2D eigenvalue weighted by Gasteiger charge is -2.13. The van der Waals surface area contributed by atoms with Crippen LogP contribution in [0.15, 0.2) is 12.1 Å². The Labute approximate surface area is 120 Å². The second-order valence-electron chi connectivity index (χ2n) is 5.56. The molecule has 1 atom stereocenters. The highest BCUT2D eigenvalue weighted by molar-refractivity contribution is 5.79. The molecular weight excluding hydrogens is 254 g/mol. The summed E-state index contributed by atoms with van der Waals surface area (Å²) in [5.41, 5.74) is 4.49. The van der Waals surface area contributed by atoms with Gasteiger partial charge in [0, 0.05) is 13.0 Å². The maximum Gasteiger partial charge on any atom is 0.303 e. The molecule has 0 radical (unpaired) electrons. The summed E-state index contributed by atoms with van der Waals surface area (Å²) in [7, 11) is 0. The Morgan fingerprint density at radius 3 is 2.25 bits per heavy atom. The molecule has 2 N–H and O–H groups in total. The number of carboxylic acids is 1. The summed E-state index contributed by atoms with van der Waals surface area (Å²) in [5.74, 6) is -0.953. The first-order chi connectivity index (χ1) is 9.29. The quantitative estimate of drug-likeness (QED) is 0.839. The van der Waals surface area contributed by atoms with Crippen molar-refractivity contribution in [3.05, 3.63) is 34.4 Å². The number of hydrogen-bond donors (Lipinski definition) is 2. The van der Waals surface area contributed by atoms with Crippen molar-refractivity contribution in [2.75, 3.05) is 6.54 Å². The largest absolute Gasteiger partial charge is 0.481 e. The highest BCUT2D eigenvalue weighted by atomic mass is 16.4. The first kappa shape index (κ1) is 16.2. The number of hydrogen-bond acceptors (Lipinski definition) is 2. The molecule has 1 unspecified atom stereocenters. The van der Waals surface area contributed by atoms with E-state index in [-0.39, 0.29) is 18.2 Å². The Kier molecular flexibility index (Phi) is 5.74. The van der Waals surface area contributed by atoms with Gasteiger partial charge in [0.05, 0.1) is 6.42 Å². The molecule has 0 aliphatic carbocycles. The number of aliphatic carboxylic acids is 1. The summed E-state index contributed by atoms with van der Waals surface area (Å²) in [6, 6.07) is 4.14. The van der Waals surface area contributed by atoms with Crippen molar-refractivity contribution >= 4 is 11.9 Å². The van der Waals surface area contributed by atoms with Crippen LogP contribution in [0.5, 0.6) is 0 Å². The van der Waals surface area contributed by atoms with E-state index in [1.54, 1.807) is 0 Å². The summed E-state index contributed by atoms with van der Waals surface area (Å²) in [6.07, 6.45) is 0.417. The molecule has 0 aromatic heterocycles. The summed E-state index contributed by atoms with van der Waals surface area (Å²) >= 11 is 0. The normalized spacial score (nSPS) is 12.0. The maximum absolute atomic E-state index is 11.9. The smallest absolute Gasteiger partial charge is 0.303 e. The van der Waals surface area contributed by atoms with Crippen molar-refractivity contribution in [3.8, 4) is 0 Å². The second kappa shape index (κ2) is 7.08. The van der Waals surface area contributed by atoms with E-state index in [9.17, 15) is 9.59 Å². The average Bonchev–Trinajstić information content (AvgIpc) is 2.30. The van der Waals surface area contributed by atoms with E-state index in [1.807, 2.05) is 27.7 Å². The molecule has 20 heavy (non-hydrogen) atoms. The third-order valence-electron chi connectivity index (χ3n) is 3.35. The van der Waals surface area contributed by atoms with E-state index in [0.717, 1.165) is 16.7 Å². The van der Waals surface area contributed by atoms with E-state index >= 15 is 0 Å². The van der Waals surface area contributed by atoms with E-state index in [0.29, 0.717) is 13.0 Å². The van der Waals surface area contributed by atoms with Crippen LogP contribution >= 0.6 is 0 Å². The zero-order valence-electron chi connectivity index (χ0n) is 12.6. The van der Waals surface area contributed by atoms with Gasteiger partial charge in [0.25, 0.3) is 0 Å². The van der Waals surface area contributed by atoms with Gasteiger partial charge in [0.2, 0.25) is 5.91 Å². The average molecular weight is 277 g/mol. The maximum atomic E-state index is 11.9. The molecule has 1 amide bonds. The predicted molar refractivity (Wildman–Crippen MR) is 78.8 cm³/mol. The van der Waals surface area contributed by atoms with Crippen LogP contribution in [0.4, 0.5) is 0 Å². The van der Waals surface area contributed by atoms with E-state index in [4.69, 9.17) is 5.11 Å². The Hall–Kier alpha value is -1.84. The molecule has 0 saturated carbocycles. The number of carboxylic acid groups (broad SMARTS) is 1. The fraction of sp³-hybridized carbons (Fsp3) is 0.500. The van der Waals surface area contributed by atoms with Gasteiger partial charge in [-0.05, 0) is 43.4 Å². The summed E-state index contributed by atoms with van der Waals surface area (Å²) < 4.78 is 0. The number of rotatable bonds is 6. The second-order valence-corrected chi connectivity index (χ2v) is 5.56. The number of carbonyl (C=O) groups is 2. The SMILES string of the molecule is Cc1cc(C)c(CC(=O)NCC(C)CC(=O)O)c(C)c1. The van der Waals surface area contributed by atoms with Gasteiger partial charge in [-0.15, -0.1) is 0 Å². The molecule has 0 heterocycles. The molecule has 110 valence electrons. The van der Waals surface area contributed by atoms with Gasteiger partial charge in [0.15, 0.2) is 0 Å². The van der Waals surface area contributed by atoms with Gasteiger partial charge in [-0.25, -0.2) is 0 Å². The van der Waals surface area contributed by atoms with Crippen molar-refractivity contribution in [3.63, 3.8) is 0 Å². The van der Waals surface area contributed by atoms with Crippen LogP contribution in [0.2, 0.25) is 0 Å². The fourth-order valence-corrected chi connectivity index (χ4v) is 2.37. The van der Waals surface area contributed by atoms with Crippen molar-refractivity contribution in [1.29, 1.82) is 0 Å². The first-order valence-corrected chi connectivity index (χ1v) is 6.84. The first-order valence-electron chi connectivity index (χ1n) is 6.84. The van der Waals surface area contributed by atoms with Crippen molar-refractivity contribution < 1.29 is 14.7 Å². The number of aryl methyl sites for hydroxylation is 3. The Balaban J connectivity index is 2.57. The minimum Gasteiger partial charge on any atom is -0.481 e. The summed E-state index contributed by atoms with van der Waals surface area (Å²) in [5, 5.41) is 11.5. The lowest BCUT2D eigenvalue weighted by molar-refractivity contribution is -0.138. The van der Waals surface area contributed by atoms with Gasteiger partial charge in [-0.3, -0.25) is 9.59 Å². The summed E-state index contributed by atoms with van der Waals surface area (Å²) in [4.78, 5) is 22.5. The third kappa shape index (κ3) is 5.03. The standard InChI is InChI=1S/C16H23NO3/c1-10-5-12(3)14(13(4)6-10)8-15(18)17-9-11(2)7-16(19)20/h5-6,11H,7-9H2,1-4H3,(H,17,18)(H,19,20). The Bertz CT molecular complexity index is 485. The molecule has 0 aliphatic heterocycles. The van der Waals surface area contributed by atoms with Crippen LogP contribution in [0.1, 0.15) is 35.6 Å². The van der Waals surface area contributed by atoms with Gasteiger partial charge in [-0.1, -0.05) is 24.6 Å². The van der Waals surface area contributed by atoms with Gasteiger partial charge < -0.3 is 10.4 Å². The Morgan fingerprint density at radius 1 is 1.20 bits per heavy atom. The molecule has 1 rings (SSSR count). The van der Waals surface area contributed by atoms with Crippen LogP contribution in [-0.2, 0) is 16.0 Å². The number of amides is 1. The minimum atomic E-state index is -0.836. The zero-order valence-corrected chi connectivity index (χ0v) is 12.6. The molecular formula is C16H23NO3.